The van der Waals surface area contributed by atoms with Gasteiger partial charge >= 0.3 is 0 Å². The number of nitrogens with zero attached hydrogens (tertiary/aromatic N) is 5. The van der Waals surface area contributed by atoms with E-state index in [-0.39, 0.29) is 0 Å². The Labute approximate surface area is 184 Å². The molecule has 2 aliphatic heterocycles. The summed E-state index contributed by atoms with van der Waals surface area (Å²) in [4.78, 5) is 8.94. The Kier molecular flexibility index (Phi) is 6.49. The van der Waals surface area contributed by atoms with E-state index < -0.39 is 0 Å². The van der Waals surface area contributed by atoms with Gasteiger partial charge in [-0.1, -0.05) is 11.6 Å². The quantitative estimate of drug-likeness (QED) is 0.516. The number of thioether (sulfide) groups is 1. The molecule has 0 unspecified atom stereocenters. The number of ether oxygens (including phenoxy) is 2. The van der Waals surface area contributed by atoms with Gasteiger partial charge in [0.2, 0.25) is 0 Å². The minimum Gasteiger partial charge on any atom is -0.485 e. The van der Waals surface area contributed by atoms with Crippen molar-refractivity contribution in [3.8, 4) is 23.6 Å². The van der Waals surface area contributed by atoms with E-state index >= 15 is 0 Å². The molecule has 4 rings (SSSR count). The number of hydrogen-bond donors (Lipinski definition) is 0. The largest absolute Gasteiger partial charge is 0.485 e. The number of halogens is 1. The van der Waals surface area contributed by atoms with E-state index in [1.165, 1.54) is 0 Å². The van der Waals surface area contributed by atoms with E-state index in [2.05, 4.69) is 26.9 Å². The lowest BCUT2D eigenvalue weighted by Crippen LogP contribution is -2.47. The molecule has 2 aliphatic rings. The van der Waals surface area contributed by atoms with Crippen LogP contribution in [0.2, 0.25) is 5.15 Å². The summed E-state index contributed by atoms with van der Waals surface area (Å²) in [6.07, 6.45) is 0. The molecule has 0 radical (unpaired) electrons. The van der Waals surface area contributed by atoms with Gasteiger partial charge in [-0.05, 0) is 24.3 Å². The number of anilines is 1. The maximum absolute atomic E-state index is 9.31. The highest BCUT2D eigenvalue weighted by Crippen LogP contribution is 2.42. The number of aromatic nitrogens is 1. The minimum absolute atomic E-state index is 0.405. The first-order valence-corrected chi connectivity index (χ1v) is 11.1. The lowest BCUT2D eigenvalue weighted by molar-refractivity contribution is 0.171. The van der Waals surface area contributed by atoms with Gasteiger partial charge in [-0.2, -0.15) is 10.5 Å². The highest BCUT2D eigenvalue weighted by atomic mass is 35.5. The third-order valence-electron chi connectivity index (χ3n) is 5.09. The number of hydrogen-bond acceptors (Lipinski definition) is 8. The highest BCUT2D eigenvalue weighted by Gasteiger charge is 2.25. The Morgan fingerprint density at radius 2 is 1.67 bits per heavy atom. The van der Waals surface area contributed by atoms with Crippen molar-refractivity contribution in [2.45, 2.75) is 5.03 Å². The molecule has 1 aromatic heterocycles. The molecule has 30 heavy (non-hydrogen) atoms. The van der Waals surface area contributed by atoms with E-state index in [9.17, 15) is 10.5 Å². The number of piperazine rings is 1. The van der Waals surface area contributed by atoms with Gasteiger partial charge in [0, 0.05) is 38.5 Å². The number of benzene rings is 1. The van der Waals surface area contributed by atoms with E-state index in [4.69, 9.17) is 21.1 Å². The highest BCUT2D eigenvalue weighted by molar-refractivity contribution is 7.99. The van der Waals surface area contributed by atoms with Gasteiger partial charge in [0.1, 0.15) is 35.5 Å². The maximum atomic E-state index is 9.31. The molecule has 0 amide bonds. The first-order chi connectivity index (χ1) is 14.7. The Hall–Kier alpha value is -2.65. The van der Waals surface area contributed by atoms with Crippen LogP contribution in [0, 0.1) is 22.7 Å². The van der Waals surface area contributed by atoms with Gasteiger partial charge in [-0.25, -0.2) is 4.98 Å². The van der Waals surface area contributed by atoms with Crippen LogP contribution in [-0.4, -0.2) is 61.6 Å². The summed E-state index contributed by atoms with van der Waals surface area (Å²) < 4.78 is 11.5. The number of nitriles is 2. The normalized spacial score (nSPS) is 16.0. The molecule has 0 spiro atoms. The van der Waals surface area contributed by atoms with Crippen LogP contribution in [0.25, 0.3) is 0 Å². The number of rotatable bonds is 5. The molecular weight excluding hydrogens is 422 g/mol. The molecule has 0 aliphatic carbocycles. The lowest BCUT2D eigenvalue weighted by Gasteiger charge is -2.37. The van der Waals surface area contributed by atoms with Crippen LogP contribution in [0.4, 0.5) is 5.69 Å². The Bertz CT molecular complexity index is 1010. The summed E-state index contributed by atoms with van der Waals surface area (Å²) in [5, 5.41) is 19.6. The van der Waals surface area contributed by atoms with Crippen LogP contribution in [0.5, 0.6) is 11.5 Å². The van der Waals surface area contributed by atoms with Crippen molar-refractivity contribution >= 4 is 29.1 Å². The summed E-state index contributed by atoms with van der Waals surface area (Å²) in [5.74, 6) is 2.08. The molecular formula is C21H20ClN5O2S. The summed E-state index contributed by atoms with van der Waals surface area (Å²) in [6.45, 7) is 5.44. The summed E-state index contributed by atoms with van der Waals surface area (Å²) >= 11 is 7.52. The molecule has 1 aromatic carbocycles. The second-order valence-corrected chi connectivity index (χ2v) is 8.35. The predicted molar refractivity (Wildman–Crippen MR) is 115 cm³/mol. The zero-order valence-electron chi connectivity index (χ0n) is 16.3. The fraction of sp³-hybridized carbons (Fsp3) is 0.381. The summed E-state index contributed by atoms with van der Waals surface area (Å²) in [6, 6.07) is 11.4. The second-order valence-electron chi connectivity index (χ2n) is 6.87. The zero-order chi connectivity index (χ0) is 20.9. The molecule has 0 atom stereocenters. The van der Waals surface area contributed by atoms with Gasteiger partial charge in [0.15, 0.2) is 11.5 Å². The Balaban J connectivity index is 1.34. The van der Waals surface area contributed by atoms with Crippen LogP contribution in [-0.2, 0) is 0 Å². The molecule has 154 valence electrons. The second kappa shape index (κ2) is 9.44. The van der Waals surface area contributed by atoms with Crippen molar-refractivity contribution in [3.63, 3.8) is 0 Å². The minimum atomic E-state index is 0.405. The smallest absolute Gasteiger partial charge is 0.186 e. The zero-order valence-corrected chi connectivity index (χ0v) is 17.9. The van der Waals surface area contributed by atoms with E-state index in [0.29, 0.717) is 46.0 Å². The van der Waals surface area contributed by atoms with E-state index in [1.807, 2.05) is 6.07 Å². The molecule has 0 bridgehead atoms. The number of pyridine rings is 1. The van der Waals surface area contributed by atoms with Gasteiger partial charge in [-0.15, -0.1) is 11.8 Å². The Morgan fingerprint density at radius 3 is 2.40 bits per heavy atom. The molecule has 1 saturated heterocycles. The SMILES string of the molecule is N#Cc1ccc(Cl)nc1SCCN1CCN(c2ccc(C#N)c3c2OCCO3)CC1. The lowest BCUT2D eigenvalue weighted by atomic mass is 10.1. The first kappa shape index (κ1) is 20.6. The van der Waals surface area contributed by atoms with Crippen LogP contribution in [0.3, 0.4) is 0 Å². The van der Waals surface area contributed by atoms with E-state index in [0.717, 1.165) is 44.2 Å². The van der Waals surface area contributed by atoms with Crippen molar-refractivity contribution in [2.75, 3.05) is 56.6 Å². The average molecular weight is 442 g/mol. The van der Waals surface area contributed by atoms with Crippen LogP contribution in [0.15, 0.2) is 29.3 Å². The van der Waals surface area contributed by atoms with Crippen LogP contribution in [0.1, 0.15) is 11.1 Å². The van der Waals surface area contributed by atoms with Gasteiger partial charge in [0.05, 0.1) is 16.8 Å². The first-order valence-electron chi connectivity index (χ1n) is 9.69. The van der Waals surface area contributed by atoms with Crippen LogP contribution >= 0.6 is 23.4 Å². The fourth-order valence-electron chi connectivity index (χ4n) is 3.56. The molecule has 1 fully saturated rings. The van der Waals surface area contributed by atoms with E-state index in [1.54, 1.807) is 30.0 Å². The molecule has 0 N–H and O–H groups in total. The van der Waals surface area contributed by atoms with Crippen LogP contribution < -0.4 is 14.4 Å². The molecule has 3 heterocycles. The van der Waals surface area contributed by atoms with Crippen molar-refractivity contribution in [1.29, 1.82) is 10.5 Å². The monoisotopic (exact) mass is 441 g/mol. The topological polar surface area (TPSA) is 85.4 Å². The predicted octanol–water partition coefficient (Wildman–Crippen LogP) is 3.16. The van der Waals surface area contributed by atoms with Crippen molar-refractivity contribution in [2.24, 2.45) is 0 Å². The molecule has 7 nitrogen and oxygen atoms in total. The third kappa shape index (κ3) is 4.41. The number of fused-ring (bicyclic) bond motifs is 1. The third-order valence-corrected chi connectivity index (χ3v) is 6.28. The van der Waals surface area contributed by atoms with Crippen molar-refractivity contribution in [1.82, 2.24) is 9.88 Å². The maximum Gasteiger partial charge on any atom is 0.186 e. The van der Waals surface area contributed by atoms with Gasteiger partial charge in [0.25, 0.3) is 0 Å². The summed E-state index contributed by atoms with van der Waals surface area (Å²) in [5.41, 5.74) is 2.05. The summed E-state index contributed by atoms with van der Waals surface area (Å²) in [7, 11) is 0. The van der Waals surface area contributed by atoms with Crippen molar-refractivity contribution < 1.29 is 9.47 Å². The van der Waals surface area contributed by atoms with Gasteiger partial charge in [-0.3, -0.25) is 4.90 Å². The molecule has 9 heteroatoms. The Morgan fingerprint density at radius 1 is 0.967 bits per heavy atom. The molecule has 2 aromatic rings. The average Bonchev–Trinajstić information content (AvgIpc) is 2.79. The standard InChI is InChI=1S/C21H20ClN5O2S/c22-18-4-2-16(14-24)21(25-18)30-12-9-26-5-7-27(8-6-26)17-3-1-15(13-23)19-20(17)29-11-10-28-19/h1-4H,5-12H2. The van der Waals surface area contributed by atoms with Crippen molar-refractivity contribution in [3.05, 3.63) is 40.5 Å². The van der Waals surface area contributed by atoms with Gasteiger partial charge < -0.3 is 14.4 Å². The molecule has 0 saturated carbocycles. The fourth-order valence-corrected chi connectivity index (χ4v) is 4.73.